The average Bonchev–Trinajstić information content (AvgIpc) is 2.21. The second-order valence-corrected chi connectivity index (χ2v) is 2.66. The monoisotopic (exact) mass is 200 g/mol. The number of nitrogens with one attached hydrogen (secondary N) is 1. The first-order valence-electron chi connectivity index (χ1n) is 4.07. The maximum Gasteiger partial charge on any atom is 0.197 e. The molecule has 5 heteroatoms. The number of halogens is 1. The number of hydrazine groups is 1. The summed E-state index contributed by atoms with van der Waals surface area (Å²) in [4.78, 5) is 0. The van der Waals surface area contributed by atoms with Gasteiger partial charge in [-0.05, 0) is 6.07 Å². The number of ether oxygens (including phenoxy) is 2. The fraction of sp³-hybridized carbons (Fsp3) is 0.333. The van der Waals surface area contributed by atoms with Gasteiger partial charge in [-0.15, -0.1) is 0 Å². The Hall–Kier alpha value is -1.33. The molecule has 4 nitrogen and oxygen atoms in total. The van der Waals surface area contributed by atoms with Gasteiger partial charge in [-0.3, -0.25) is 11.3 Å². The summed E-state index contributed by atoms with van der Waals surface area (Å²) in [5, 5.41) is 0. The van der Waals surface area contributed by atoms with Crippen molar-refractivity contribution in [1.29, 1.82) is 0 Å². The summed E-state index contributed by atoms with van der Waals surface area (Å²) >= 11 is 0. The highest BCUT2D eigenvalue weighted by Crippen LogP contribution is 2.31. The predicted octanol–water partition coefficient (Wildman–Crippen LogP) is 0.806. The van der Waals surface area contributed by atoms with E-state index in [1.807, 2.05) is 0 Å². The molecule has 0 unspecified atom stereocenters. The molecule has 0 spiro atoms. The molecule has 0 aliphatic heterocycles. The molecule has 0 aromatic heterocycles. The molecule has 0 aliphatic carbocycles. The van der Waals surface area contributed by atoms with E-state index in [1.54, 1.807) is 12.1 Å². The Morgan fingerprint density at radius 1 is 1.36 bits per heavy atom. The van der Waals surface area contributed by atoms with Crippen LogP contribution in [0.3, 0.4) is 0 Å². The van der Waals surface area contributed by atoms with E-state index < -0.39 is 5.82 Å². The molecule has 1 aromatic rings. The molecule has 3 N–H and O–H groups in total. The van der Waals surface area contributed by atoms with Gasteiger partial charge in [0.2, 0.25) is 0 Å². The van der Waals surface area contributed by atoms with E-state index in [1.165, 1.54) is 14.2 Å². The van der Waals surface area contributed by atoms with Crippen molar-refractivity contribution >= 4 is 0 Å². The largest absolute Gasteiger partial charge is 0.493 e. The summed E-state index contributed by atoms with van der Waals surface area (Å²) in [6, 6.07) is 3.23. The van der Waals surface area contributed by atoms with Gasteiger partial charge in [0.05, 0.1) is 14.2 Å². The van der Waals surface area contributed by atoms with Gasteiger partial charge in [-0.25, -0.2) is 4.39 Å². The Morgan fingerprint density at radius 3 is 2.57 bits per heavy atom. The zero-order valence-electron chi connectivity index (χ0n) is 8.13. The van der Waals surface area contributed by atoms with Gasteiger partial charge in [-0.1, -0.05) is 6.07 Å². The Kier molecular flexibility index (Phi) is 3.67. The van der Waals surface area contributed by atoms with E-state index >= 15 is 0 Å². The highest BCUT2D eigenvalue weighted by molar-refractivity contribution is 5.44. The van der Waals surface area contributed by atoms with E-state index in [2.05, 4.69) is 5.43 Å². The first-order valence-corrected chi connectivity index (χ1v) is 4.07. The van der Waals surface area contributed by atoms with Gasteiger partial charge >= 0.3 is 0 Å². The Labute approximate surface area is 81.8 Å². The number of rotatable bonds is 4. The lowest BCUT2D eigenvalue weighted by molar-refractivity contribution is 0.335. The van der Waals surface area contributed by atoms with Crippen LogP contribution < -0.4 is 20.7 Å². The summed E-state index contributed by atoms with van der Waals surface area (Å²) in [6.07, 6.45) is 0. The Morgan fingerprint density at radius 2 is 2.07 bits per heavy atom. The summed E-state index contributed by atoms with van der Waals surface area (Å²) < 4.78 is 23.4. The molecule has 0 fully saturated rings. The van der Waals surface area contributed by atoms with Gasteiger partial charge < -0.3 is 9.47 Å². The minimum absolute atomic E-state index is 0.0975. The quantitative estimate of drug-likeness (QED) is 0.557. The van der Waals surface area contributed by atoms with E-state index in [4.69, 9.17) is 15.3 Å². The van der Waals surface area contributed by atoms with Crippen molar-refractivity contribution < 1.29 is 13.9 Å². The van der Waals surface area contributed by atoms with Crippen LogP contribution in [0.2, 0.25) is 0 Å². The smallest absolute Gasteiger partial charge is 0.197 e. The van der Waals surface area contributed by atoms with Crippen LogP contribution in [0.25, 0.3) is 0 Å². The second kappa shape index (κ2) is 4.78. The molecule has 0 aliphatic rings. The van der Waals surface area contributed by atoms with Crippen LogP contribution in [-0.2, 0) is 6.54 Å². The molecule has 0 bridgehead atoms. The van der Waals surface area contributed by atoms with Crippen molar-refractivity contribution in [2.24, 2.45) is 5.84 Å². The third kappa shape index (κ3) is 1.94. The predicted molar refractivity (Wildman–Crippen MR) is 50.5 cm³/mol. The second-order valence-electron chi connectivity index (χ2n) is 2.66. The standard InChI is InChI=1S/C9H13FN2O2/c1-13-7-4-3-6(5-12-11)8(10)9(7)14-2/h3-4,12H,5,11H2,1-2H3. The van der Waals surface area contributed by atoms with Crippen molar-refractivity contribution in [3.8, 4) is 11.5 Å². The number of methoxy groups -OCH3 is 2. The SMILES string of the molecule is COc1ccc(CNN)c(F)c1OC. The third-order valence-electron chi connectivity index (χ3n) is 1.86. The molecule has 0 atom stereocenters. The van der Waals surface area contributed by atoms with E-state index in [0.717, 1.165) is 0 Å². The van der Waals surface area contributed by atoms with Gasteiger partial charge in [0.15, 0.2) is 17.3 Å². The molecule has 0 radical (unpaired) electrons. The van der Waals surface area contributed by atoms with Crippen LogP contribution in [0.1, 0.15) is 5.56 Å². The molecule has 78 valence electrons. The van der Waals surface area contributed by atoms with E-state index in [9.17, 15) is 4.39 Å². The van der Waals surface area contributed by atoms with Crippen LogP contribution in [0.15, 0.2) is 12.1 Å². The molecular formula is C9H13FN2O2. The van der Waals surface area contributed by atoms with Crippen LogP contribution in [-0.4, -0.2) is 14.2 Å². The summed E-state index contributed by atoms with van der Waals surface area (Å²) in [5.74, 6) is 5.11. The topological polar surface area (TPSA) is 56.5 Å². The van der Waals surface area contributed by atoms with E-state index in [-0.39, 0.29) is 12.3 Å². The maximum absolute atomic E-state index is 13.6. The number of hydrogen-bond acceptors (Lipinski definition) is 4. The van der Waals surface area contributed by atoms with Crippen molar-refractivity contribution in [2.45, 2.75) is 6.54 Å². The zero-order chi connectivity index (χ0) is 10.6. The molecule has 0 heterocycles. The summed E-state index contributed by atoms with van der Waals surface area (Å²) in [6.45, 7) is 0.242. The number of hydrogen-bond donors (Lipinski definition) is 2. The Bertz CT molecular complexity index is 318. The minimum Gasteiger partial charge on any atom is -0.493 e. The molecule has 0 saturated carbocycles. The molecular weight excluding hydrogens is 187 g/mol. The average molecular weight is 200 g/mol. The fourth-order valence-corrected chi connectivity index (χ4v) is 1.18. The molecule has 1 rings (SSSR count). The van der Waals surface area contributed by atoms with Crippen LogP contribution >= 0.6 is 0 Å². The van der Waals surface area contributed by atoms with Gasteiger partial charge in [0.1, 0.15) is 0 Å². The summed E-state index contributed by atoms with van der Waals surface area (Å²) in [5.41, 5.74) is 2.81. The number of nitrogens with two attached hydrogens (primary N) is 1. The number of benzene rings is 1. The fourth-order valence-electron chi connectivity index (χ4n) is 1.18. The molecule has 0 saturated heterocycles. The first-order chi connectivity index (χ1) is 6.74. The van der Waals surface area contributed by atoms with Crippen molar-refractivity contribution in [3.05, 3.63) is 23.5 Å². The van der Waals surface area contributed by atoms with E-state index in [0.29, 0.717) is 11.3 Å². The highest BCUT2D eigenvalue weighted by Gasteiger charge is 2.13. The lowest BCUT2D eigenvalue weighted by Gasteiger charge is -2.11. The molecule has 0 amide bonds. The van der Waals surface area contributed by atoms with Crippen LogP contribution in [0.4, 0.5) is 4.39 Å². The lowest BCUT2D eigenvalue weighted by Crippen LogP contribution is -2.21. The van der Waals surface area contributed by atoms with Gasteiger partial charge in [-0.2, -0.15) is 0 Å². The van der Waals surface area contributed by atoms with Crippen molar-refractivity contribution in [1.82, 2.24) is 5.43 Å². The zero-order valence-corrected chi connectivity index (χ0v) is 8.13. The maximum atomic E-state index is 13.6. The van der Waals surface area contributed by atoms with Crippen LogP contribution in [0.5, 0.6) is 11.5 Å². The van der Waals surface area contributed by atoms with Gasteiger partial charge in [0.25, 0.3) is 0 Å². The van der Waals surface area contributed by atoms with Crippen molar-refractivity contribution in [3.63, 3.8) is 0 Å². The third-order valence-corrected chi connectivity index (χ3v) is 1.86. The first kappa shape index (κ1) is 10.7. The van der Waals surface area contributed by atoms with Crippen LogP contribution in [0, 0.1) is 5.82 Å². The van der Waals surface area contributed by atoms with Crippen molar-refractivity contribution in [2.75, 3.05) is 14.2 Å². The van der Waals surface area contributed by atoms with Gasteiger partial charge in [0, 0.05) is 12.1 Å². The highest BCUT2D eigenvalue weighted by atomic mass is 19.1. The summed E-state index contributed by atoms with van der Waals surface area (Å²) in [7, 11) is 2.85. The molecule has 14 heavy (non-hydrogen) atoms. The lowest BCUT2D eigenvalue weighted by atomic mass is 10.2. The molecule has 1 aromatic carbocycles. The minimum atomic E-state index is -0.454. The Balaban J connectivity index is 3.13. The normalized spacial score (nSPS) is 10.0.